The molecule has 7 heteroatoms. The van der Waals surface area contributed by atoms with E-state index in [1.54, 1.807) is 12.2 Å². The summed E-state index contributed by atoms with van der Waals surface area (Å²) in [4.78, 5) is 10.9. The van der Waals surface area contributed by atoms with E-state index in [-0.39, 0.29) is 11.4 Å². The average Bonchev–Trinajstić information content (AvgIpc) is 2.29. The number of carbonyl (C=O) groups excluding carboxylic acids is 1. The molecular formula is C11H12F3NO3. The van der Waals surface area contributed by atoms with Crippen molar-refractivity contribution in [3.63, 3.8) is 0 Å². The standard InChI is InChI=1S/C11H12F3NO3/c1-6-4-9(18-3)7(5-8(6)17-2)15-10(16)11(12,13)14/h4-5H,1-3H3,(H,15,16). The molecule has 0 atom stereocenters. The first-order chi connectivity index (χ1) is 8.29. The summed E-state index contributed by atoms with van der Waals surface area (Å²) in [5.74, 6) is -1.58. The molecule has 0 spiro atoms. The topological polar surface area (TPSA) is 47.6 Å². The van der Waals surface area contributed by atoms with E-state index in [0.717, 1.165) is 0 Å². The van der Waals surface area contributed by atoms with Gasteiger partial charge in [-0.1, -0.05) is 0 Å². The summed E-state index contributed by atoms with van der Waals surface area (Å²) in [5, 5.41) is 1.73. The lowest BCUT2D eigenvalue weighted by Gasteiger charge is -2.14. The summed E-state index contributed by atoms with van der Waals surface area (Å²) in [6, 6.07) is 2.75. The first-order valence-corrected chi connectivity index (χ1v) is 4.90. The second-order valence-electron chi connectivity index (χ2n) is 3.47. The van der Waals surface area contributed by atoms with Crippen LogP contribution in [0.3, 0.4) is 0 Å². The molecule has 0 aliphatic carbocycles. The number of nitrogens with one attached hydrogen (secondary N) is 1. The lowest BCUT2D eigenvalue weighted by atomic mass is 10.2. The van der Waals surface area contributed by atoms with Crippen LogP contribution in [-0.4, -0.2) is 26.3 Å². The van der Waals surface area contributed by atoms with Crippen molar-refractivity contribution in [1.82, 2.24) is 0 Å². The molecule has 0 aliphatic heterocycles. The number of carbonyl (C=O) groups is 1. The van der Waals surface area contributed by atoms with Crippen molar-refractivity contribution in [2.45, 2.75) is 13.1 Å². The highest BCUT2D eigenvalue weighted by atomic mass is 19.4. The fourth-order valence-electron chi connectivity index (χ4n) is 1.34. The Labute approximate surface area is 102 Å². The van der Waals surface area contributed by atoms with E-state index in [4.69, 9.17) is 9.47 Å². The smallest absolute Gasteiger partial charge is 0.471 e. The van der Waals surface area contributed by atoms with Crippen LogP contribution in [0.5, 0.6) is 11.5 Å². The van der Waals surface area contributed by atoms with Crippen molar-refractivity contribution in [2.24, 2.45) is 0 Å². The van der Waals surface area contributed by atoms with Gasteiger partial charge in [-0.15, -0.1) is 0 Å². The van der Waals surface area contributed by atoms with Gasteiger partial charge in [0.2, 0.25) is 0 Å². The van der Waals surface area contributed by atoms with Crippen LogP contribution < -0.4 is 14.8 Å². The summed E-state index contributed by atoms with van der Waals surface area (Å²) in [6.07, 6.45) is -4.96. The molecule has 1 aromatic rings. The highest BCUT2D eigenvalue weighted by Crippen LogP contribution is 2.33. The van der Waals surface area contributed by atoms with Crippen molar-refractivity contribution in [1.29, 1.82) is 0 Å². The Hall–Kier alpha value is -1.92. The molecule has 1 rings (SSSR count). The van der Waals surface area contributed by atoms with Crippen LogP contribution in [0.4, 0.5) is 18.9 Å². The minimum atomic E-state index is -4.96. The molecule has 0 radical (unpaired) electrons. The number of alkyl halides is 3. The highest BCUT2D eigenvalue weighted by Gasteiger charge is 2.39. The third-order valence-corrected chi connectivity index (χ3v) is 2.22. The Balaban J connectivity index is 3.11. The van der Waals surface area contributed by atoms with Crippen LogP contribution in [0.2, 0.25) is 0 Å². The molecule has 0 unspecified atom stereocenters. The van der Waals surface area contributed by atoms with Crippen LogP contribution in [0.25, 0.3) is 0 Å². The first kappa shape index (κ1) is 14.1. The minimum absolute atomic E-state index is 0.0951. The Bertz CT molecular complexity index is 458. The molecule has 1 amide bonds. The zero-order valence-electron chi connectivity index (χ0n) is 10.0. The van der Waals surface area contributed by atoms with Gasteiger partial charge in [-0.25, -0.2) is 0 Å². The summed E-state index contributed by atoms with van der Waals surface area (Å²) < 4.78 is 46.3. The van der Waals surface area contributed by atoms with Gasteiger partial charge in [0.25, 0.3) is 0 Å². The summed E-state index contributed by atoms with van der Waals surface area (Å²) >= 11 is 0. The fraction of sp³-hybridized carbons (Fsp3) is 0.364. The molecule has 0 aliphatic rings. The quantitative estimate of drug-likeness (QED) is 0.911. The average molecular weight is 263 g/mol. The number of benzene rings is 1. The summed E-state index contributed by atoms with van der Waals surface area (Å²) in [7, 11) is 2.68. The van der Waals surface area contributed by atoms with Gasteiger partial charge in [-0.05, 0) is 18.6 Å². The van der Waals surface area contributed by atoms with E-state index in [1.165, 1.54) is 26.4 Å². The number of halogens is 3. The normalized spacial score (nSPS) is 11.0. The van der Waals surface area contributed by atoms with Gasteiger partial charge in [-0.2, -0.15) is 13.2 Å². The maximum atomic E-state index is 12.1. The lowest BCUT2D eigenvalue weighted by molar-refractivity contribution is -0.167. The van der Waals surface area contributed by atoms with E-state index >= 15 is 0 Å². The predicted octanol–water partition coefficient (Wildman–Crippen LogP) is 2.51. The summed E-state index contributed by atoms with van der Waals surface area (Å²) in [5.41, 5.74) is 0.585. The number of amides is 1. The van der Waals surface area contributed by atoms with E-state index in [2.05, 4.69) is 0 Å². The van der Waals surface area contributed by atoms with Crippen LogP contribution in [0, 0.1) is 6.92 Å². The fourth-order valence-corrected chi connectivity index (χ4v) is 1.34. The van der Waals surface area contributed by atoms with Gasteiger partial charge in [-0.3, -0.25) is 4.79 Å². The van der Waals surface area contributed by atoms with Crippen LogP contribution in [0.1, 0.15) is 5.56 Å². The van der Waals surface area contributed by atoms with Gasteiger partial charge in [0, 0.05) is 6.07 Å². The second kappa shape index (κ2) is 5.16. The maximum Gasteiger partial charge on any atom is 0.471 e. The first-order valence-electron chi connectivity index (χ1n) is 4.90. The zero-order chi connectivity index (χ0) is 13.9. The maximum absolute atomic E-state index is 12.1. The number of hydrogen-bond acceptors (Lipinski definition) is 3. The van der Waals surface area contributed by atoms with Crippen molar-refractivity contribution >= 4 is 11.6 Å². The molecule has 0 bridgehead atoms. The number of anilines is 1. The molecule has 0 aromatic heterocycles. The Morgan fingerprint density at radius 3 is 2.17 bits per heavy atom. The number of aryl methyl sites for hydroxylation is 1. The Morgan fingerprint density at radius 2 is 1.72 bits per heavy atom. The molecule has 1 N–H and O–H groups in total. The molecule has 1 aromatic carbocycles. The molecule has 100 valence electrons. The van der Waals surface area contributed by atoms with E-state index in [0.29, 0.717) is 11.3 Å². The van der Waals surface area contributed by atoms with E-state index in [9.17, 15) is 18.0 Å². The molecule has 4 nitrogen and oxygen atoms in total. The Morgan fingerprint density at radius 1 is 1.17 bits per heavy atom. The number of rotatable bonds is 3. The third kappa shape index (κ3) is 3.06. The second-order valence-corrected chi connectivity index (χ2v) is 3.47. The minimum Gasteiger partial charge on any atom is -0.496 e. The number of methoxy groups -OCH3 is 2. The van der Waals surface area contributed by atoms with Crippen molar-refractivity contribution in [3.8, 4) is 11.5 Å². The zero-order valence-corrected chi connectivity index (χ0v) is 10.0. The van der Waals surface area contributed by atoms with Crippen LogP contribution in [-0.2, 0) is 4.79 Å². The van der Waals surface area contributed by atoms with Crippen LogP contribution >= 0.6 is 0 Å². The van der Waals surface area contributed by atoms with E-state index < -0.39 is 12.1 Å². The highest BCUT2D eigenvalue weighted by molar-refractivity contribution is 5.96. The molecule has 18 heavy (non-hydrogen) atoms. The van der Waals surface area contributed by atoms with Crippen molar-refractivity contribution < 1.29 is 27.4 Å². The number of hydrogen-bond donors (Lipinski definition) is 1. The van der Waals surface area contributed by atoms with Crippen molar-refractivity contribution in [2.75, 3.05) is 19.5 Å². The summed E-state index contributed by atoms with van der Waals surface area (Å²) in [6.45, 7) is 1.71. The van der Waals surface area contributed by atoms with Crippen molar-refractivity contribution in [3.05, 3.63) is 17.7 Å². The van der Waals surface area contributed by atoms with Gasteiger partial charge in [0.05, 0.1) is 19.9 Å². The van der Waals surface area contributed by atoms with Gasteiger partial charge in [0.1, 0.15) is 11.5 Å². The SMILES string of the molecule is COc1cc(NC(=O)C(F)(F)F)c(OC)cc1C. The van der Waals surface area contributed by atoms with Gasteiger partial charge >= 0.3 is 12.1 Å². The Kier molecular flexibility index (Phi) is 4.05. The molecule has 0 saturated carbocycles. The lowest BCUT2D eigenvalue weighted by Crippen LogP contribution is -2.30. The van der Waals surface area contributed by atoms with E-state index in [1.807, 2.05) is 0 Å². The molecule has 0 heterocycles. The van der Waals surface area contributed by atoms with Gasteiger partial charge < -0.3 is 14.8 Å². The largest absolute Gasteiger partial charge is 0.496 e. The number of ether oxygens (including phenoxy) is 2. The third-order valence-electron chi connectivity index (χ3n) is 2.22. The molecule has 0 saturated heterocycles. The molecule has 0 fully saturated rings. The van der Waals surface area contributed by atoms with Gasteiger partial charge in [0.15, 0.2) is 0 Å². The molecular weight excluding hydrogens is 251 g/mol. The monoisotopic (exact) mass is 263 g/mol. The predicted molar refractivity (Wildman–Crippen MR) is 59.0 cm³/mol. The van der Waals surface area contributed by atoms with Crippen LogP contribution in [0.15, 0.2) is 12.1 Å².